The van der Waals surface area contributed by atoms with Gasteiger partial charge >= 0.3 is 0 Å². The Morgan fingerprint density at radius 2 is 2.20 bits per heavy atom. The molecule has 0 amide bonds. The summed E-state index contributed by atoms with van der Waals surface area (Å²) < 4.78 is 19.2. The van der Waals surface area contributed by atoms with Crippen LogP contribution in [0.3, 0.4) is 0 Å². The summed E-state index contributed by atoms with van der Waals surface area (Å²) in [6, 6.07) is 4.36. The highest BCUT2D eigenvalue weighted by atomic mass is 79.9. The summed E-state index contributed by atoms with van der Waals surface area (Å²) in [7, 11) is 1.70. The number of rotatable bonds is 3. The summed E-state index contributed by atoms with van der Waals surface area (Å²) >= 11 is 3.11. The molecule has 0 bridgehead atoms. The molecule has 6 nitrogen and oxygen atoms in total. The minimum atomic E-state index is -0.357. The molecule has 102 valence electrons. The Hall–Kier alpha value is -2.22. The Morgan fingerprint density at radius 3 is 2.95 bits per heavy atom. The van der Waals surface area contributed by atoms with Crippen molar-refractivity contribution >= 4 is 32.9 Å². The zero-order valence-corrected chi connectivity index (χ0v) is 11.9. The van der Waals surface area contributed by atoms with Gasteiger partial charge in [-0.2, -0.15) is 15.1 Å². The number of H-pyrrole nitrogens is 1. The third kappa shape index (κ3) is 2.29. The molecule has 2 heterocycles. The van der Waals surface area contributed by atoms with E-state index in [1.54, 1.807) is 13.2 Å². The number of aromatic amines is 1. The molecule has 0 unspecified atom stereocenters. The lowest BCUT2D eigenvalue weighted by molar-refractivity contribution is 0.466. The van der Waals surface area contributed by atoms with Crippen molar-refractivity contribution in [3.63, 3.8) is 0 Å². The average molecular weight is 338 g/mol. The molecule has 0 aliphatic rings. The number of nitrogens with zero attached hydrogens (tertiary/aromatic N) is 3. The highest BCUT2D eigenvalue weighted by Gasteiger charge is 2.11. The zero-order valence-electron chi connectivity index (χ0n) is 10.3. The fraction of sp³-hybridized carbons (Fsp3) is 0.0833. The van der Waals surface area contributed by atoms with Gasteiger partial charge in [-0.1, -0.05) is 0 Å². The third-order valence-electron chi connectivity index (χ3n) is 2.60. The SMILES string of the molecule is CNc1nc(Oc2ccc(F)c(Br)c2)c2cn[nH]c2n1. The predicted octanol–water partition coefficient (Wildman–Crippen LogP) is 3.09. The fourth-order valence-corrected chi connectivity index (χ4v) is 2.01. The largest absolute Gasteiger partial charge is 0.438 e. The number of ether oxygens (including phenoxy) is 1. The van der Waals surface area contributed by atoms with Crippen molar-refractivity contribution in [3.8, 4) is 11.6 Å². The number of hydrogen-bond acceptors (Lipinski definition) is 5. The van der Waals surface area contributed by atoms with E-state index in [0.29, 0.717) is 33.1 Å². The van der Waals surface area contributed by atoms with Gasteiger partial charge < -0.3 is 10.1 Å². The first kappa shape index (κ1) is 12.8. The summed E-state index contributed by atoms with van der Waals surface area (Å²) in [5.41, 5.74) is 0.556. The van der Waals surface area contributed by atoms with Crippen molar-refractivity contribution in [3.05, 3.63) is 34.7 Å². The molecule has 3 rings (SSSR count). The molecule has 0 fully saturated rings. The Balaban J connectivity index is 2.04. The van der Waals surface area contributed by atoms with E-state index in [1.165, 1.54) is 18.2 Å². The van der Waals surface area contributed by atoms with Gasteiger partial charge in [-0.3, -0.25) is 5.10 Å². The van der Waals surface area contributed by atoms with Gasteiger partial charge in [-0.15, -0.1) is 0 Å². The van der Waals surface area contributed by atoms with E-state index in [4.69, 9.17) is 4.74 Å². The highest BCUT2D eigenvalue weighted by Crippen LogP contribution is 2.29. The van der Waals surface area contributed by atoms with Crippen LogP contribution in [0.15, 0.2) is 28.9 Å². The van der Waals surface area contributed by atoms with Crippen LogP contribution in [0.1, 0.15) is 0 Å². The van der Waals surface area contributed by atoms with E-state index in [9.17, 15) is 4.39 Å². The molecule has 0 saturated carbocycles. The lowest BCUT2D eigenvalue weighted by atomic mass is 10.3. The first-order chi connectivity index (χ1) is 9.67. The van der Waals surface area contributed by atoms with Crippen molar-refractivity contribution < 1.29 is 9.13 Å². The molecule has 2 N–H and O–H groups in total. The van der Waals surface area contributed by atoms with E-state index in [0.717, 1.165) is 0 Å². The quantitative estimate of drug-likeness (QED) is 0.768. The molecule has 0 spiro atoms. The maximum absolute atomic E-state index is 13.2. The second kappa shape index (κ2) is 5.04. The molecule has 1 aromatic carbocycles. The number of benzene rings is 1. The first-order valence-corrected chi connectivity index (χ1v) is 6.48. The topological polar surface area (TPSA) is 75.7 Å². The third-order valence-corrected chi connectivity index (χ3v) is 3.21. The highest BCUT2D eigenvalue weighted by molar-refractivity contribution is 9.10. The lowest BCUT2D eigenvalue weighted by Gasteiger charge is -2.07. The monoisotopic (exact) mass is 337 g/mol. The van der Waals surface area contributed by atoms with Crippen LogP contribution in [-0.4, -0.2) is 27.2 Å². The maximum Gasteiger partial charge on any atom is 0.235 e. The van der Waals surface area contributed by atoms with Crippen LogP contribution in [0.2, 0.25) is 0 Å². The molecular formula is C12H9BrFN5O. The minimum Gasteiger partial charge on any atom is -0.438 e. The molecule has 0 radical (unpaired) electrons. The molecule has 0 atom stereocenters. The normalized spacial score (nSPS) is 10.8. The standard InChI is InChI=1S/C12H9BrFN5O/c1-15-12-17-10-7(5-16-19-10)11(18-12)20-6-2-3-9(14)8(13)4-6/h2-5H,1H3,(H2,15,16,17,18,19). The molecule has 3 aromatic rings. The van der Waals surface area contributed by atoms with Crippen molar-refractivity contribution in [1.82, 2.24) is 20.2 Å². The van der Waals surface area contributed by atoms with E-state index < -0.39 is 0 Å². The van der Waals surface area contributed by atoms with E-state index in [-0.39, 0.29) is 5.82 Å². The number of halogens is 2. The van der Waals surface area contributed by atoms with Gasteiger partial charge in [0.15, 0.2) is 5.65 Å². The Bertz CT molecular complexity index is 776. The lowest BCUT2D eigenvalue weighted by Crippen LogP contribution is -1.99. The van der Waals surface area contributed by atoms with Gasteiger partial charge in [-0.25, -0.2) is 4.39 Å². The number of hydrogen-bond donors (Lipinski definition) is 2. The summed E-state index contributed by atoms with van der Waals surface area (Å²) in [6.45, 7) is 0. The van der Waals surface area contributed by atoms with Gasteiger partial charge in [-0.05, 0) is 34.1 Å². The molecule has 0 aliphatic heterocycles. The summed E-state index contributed by atoms with van der Waals surface area (Å²) in [6.07, 6.45) is 1.57. The summed E-state index contributed by atoms with van der Waals surface area (Å²) in [5.74, 6) is 0.843. The number of fused-ring (bicyclic) bond motifs is 1. The van der Waals surface area contributed by atoms with E-state index in [2.05, 4.69) is 41.4 Å². The van der Waals surface area contributed by atoms with Gasteiger partial charge in [0.1, 0.15) is 17.0 Å². The Morgan fingerprint density at radius 1 is 1.35 bits per heavy atom. The van der Waals surface area contributed by atoms with Crippen LogP contribution in [0.4, 0.5) is 10.3 Å². The predicted molar refractivity (Wildman–Crippen MR) is 75.4 cm³/mol. The molecule has 2 aromatic heterocycles. The number of nitrogens with one attached hydrogen (secondary N) is 2. The van der Waals surface area contributed by atoms with Gasteiger partial charge in [0.05, 0.1) is 10.7 Å². The molecule has 0 aliphatic carbocycles. The van der Waals surface area contributed by atoms with Gasteiger partial charge in [0.2, 0.25) is 11.8 Å². The van der Waals surface area contributed by atoms with Gasteiger partial charge in [0, 0.05) is 7.05 Å². The minimum absolute atomic E-state index is 0.321. The molecular weight excluding hydrogens is 329 g/mol. The van der Waals surface area contributed by atoms with Gasteiger partial charge in [0.25, 0.3) is 0 Å². The van der Waals surface area contributed by atoms with Crippen molar-refractivity contribution in [2.75, 3.05) is 12.4 Å². The second-order valence-corrected chi connectivity index (χ2v) is 4.77. The van der Waals surface area contributed by atoms with Crippen LogP contribution >= 0.6 is 15.9 Å². The summed E-state index contributed by atoms with van der Waals surface area (Å²) in [5, 5.41) is 10.1. The molecule has 0 saturated heterocycles. The molecule has 8 heteroatoms. The van der Waals surface area contributed by atoms with Crippen LogP contribution < -0.4 is 10.1 Å². The smallest absolute Gasteiger partial charge is 0.235 e. The van der Waals surface area contributed by atoms with E-state index in [1.807, 2.05) is 0 Å². The van der Waals surface area contributed by atoms with E-state index >= 15 is 0 Å². The number of anilines is 1. The van der Waals surface area contributed by atoms with Crippen LogP contribution in [0.5, 0.6) is 11.6 Å². The average Bonchev–Trinajstić information content (AvgIpc) is 2.91. The fourth-order valence-electron chi connectivity index (χ4n) is 1.65. The number of aromatic nitrogens is 4. The van der Waals surface area contributed by atoms with Crippen molar-refractivity contribution in [2.45, 2.75) is 0 Å². The van der Waals surface area contributed by atoms with Crippen molar-refractivity contribution in [1.29, 1.82) is 0 Å². The maximum atomic E-state index is 13.2. The van der Waals surface area contributed by atoms with Crippen molar-refractivity contribution in [2.24, 2.45) is 0 Å². The first-order valence-electron chi connectivity index (χ1n) is 5.69. The van der Waals surface area contributed by atoms with Crippen LogP contribution in [-0.2, 0) is 0 Å². The Kier molecular flexibility index (Phi) is 3.23. The summed E-state index contributed by atoms with van der Waals surface area (Å²) in [4.78, 5) is 8.42. The second-order valence-electron chi connectivity index (χ2n) is 3.91. The molecule has 20 heavy (non-hydrogen) atoms. The van der Waals surface area contributed by atoms with Crippen LogP contribution in [0, 0.1) is 5.82 Å². The zero-order chi connectivity index (χ0) is 14.1. The Labute approximate surface area is 121 Å². The van der Waals surface area contributed by atoms with Crippen LogP contribution in [0.25, 0.3) is 11.0 Å².